The minimum absolute atomic E-state index is 0.00464. The van der Waals surface area contributed by atoms with E-state index in [9.17, 15) is 4.79 Å². The predicted octanol–water partition coefficient (Wildman–Crippen LogP) is 5.71. The zero-order valence-corrected chi connectivity index (χ0v) is 18.9. The lowest BCUT2D eigenvalue weighted by atomic mass is 9.68. The van der Waals surface area contributed by atoms with Crippen LogP contribution in [-0.4, -0.2) is 15.8 Å². The Morgan fingerprint density at radius 2 is 1.56 bits per heavy atom. The molecule has 1 fully saturated rings. The van der Waals surface area contributed by atoms with Crippen LogP contribution in [0, 0.1) is 0 Å². The number of fused-ring (bicyclic) bond motifs is 4. The average molecular weight is 447 g/mol. The summed E-state index contributed by atoms with van der Waals surface area (Å²) in [6.07, 6.45) is 6.99. The maximum atomic E-state index is 14.3. The molecule has 168 valence electrons. The first-order valence-electron chi connectivity index (χ1n) is 11.9. The van der Waals surface area contributed by atoms with Gasteiger partial charge in [-0.25, -0.2) is 15.0 Å². The second-order valence-electron chi connectivity index (χ2n) is 9.24. The quantitative estimate of drug-likeness (QED) is 0.322. The lowest BCUT2D eigenvalue weighted by Gasteiger charge is -2.36. The number of aromatic nitrogens is 2. The van der Waals surface area contributed by atoms with Crippen LogP contribution >= 0.6 is 0 Å². The number of nitrogens with zero attached hydrogens (tertiary/aromatic N) is 3. The van der Waals surface area contributed by atoms with E-state index in [0.29, 0.717) is 5.95 Å². The van der Waals surface area contributed by atoms with Crippen LogP contribution in [-0.2, 0) is 11.8 Å². The van der Waals surface area contributed by atoms with E-state index >= 15 is 0 Å². The van der Waals surface area contributed by atoms with Gasteiger partial charge < -0.3 is 0 Å². The van der Waals surface area contributed by atoms with Gasteiger partial charge in [0.15, 0.2) is 0 Å². The van der Waals surface area contributed by atoms with E-state index in [1.54, 1.807) is 10.8 Å². The summed E-state index contributed by atoms with van der Waals surface area (Å²) in [5, 5.41) is 4.44. The zero-order valence-electron chi connectivity index (χ0n) is 18.9. The second-order valence-corrected chi connectivity index (χ2v) is 9.24. The van der Waals surface area contributed by atoms with Crippen LogP contribution in [0.4, 0.5) is 5.95 Å². The highest BCUT2D eigenvalue weighted by atomic mass is 16.1. The number of nitrogens with one attached hydrogen (secondary N) is 1. The fourth-order valence-electron chi connectivity index (χ4n) is 5.63. The van der Waals surface area contributed by atoms with Gasteiger partial charge in [-0.3, -0.25) is 4.79 Å². The molecular weight excluding hydrogens is 420 g/mol. The van der Waals surface area contributed by atoms with Gasteiger partial charge in [-0.2, -0.15) is 5.10 Å². The molecule has 0 radical (unpaired) electrons. The number of hydrazone groups is 1. The highest BCUT2D eigenvalue weighted by Crippen LogP contribution is 2.50. The van der Waals surface area contributed by atoms with E-state index in [0.717, 1.165) is 60.2 Å². The van der Waals surface area contributed by atoms with Gasteiger partial charge in [0.2, 0.25) is 5.95 Å². The van der Waals surface area contributed by atoms with Crippen LogP contribution < -0.4 is 11.0 Å². The number of rotatable bonds is 4. The maximum absolute atomic E-state index is 14.3. The molecule has 0 bridgehead atoms. The molecule has 1 N–H and O–H groups in total. The predicted molar refractivity (Wildman–Crippen MR) is 137 cm³/mol. The molecular formula is C29H26N4O. The van der Waals surface area contributed by atoms with Gasteiger partial charge in [-0.1, -0.05) is 85.6 Å². The van der Waals surface area contributed by atoms with E-state index in [2.05, 4.69) is 28.7 Å². The Balaban J connectivity index is 1.57. The molecule has 1 saturated carbocycles. The van der Waals surface area contributed by atoms with Crippen molar-refractivity contribution in [2.45, 2.75) is 37.5 Å². The van der Waals surface area contributed by atoms with E-state index in [1.165, 1.54) is 5.56 Å². The molecule has 5 nitrogen and oxygen atoms in total. The van der Waals surface area contributed by atoms with Gasteiger partial charge in [0.25, 0.3) is 5.56 Å². The topological polar surface area (TPSA) is 59.3 Å². The first-order chi connectivity index (χ1) is 16.8. The standard InChI is InChI=1S/C29H26N4O/c34-27-25-26(24-16-8-7-13-22(24)19-29(25)17-9-10-18-29)31-28(33(27)23-14-5-2-6-15-23)32-30-20-21-11-3-1-4-12-21/h1-8,11-16,20H,9-10,17-19H2,(H,31,32)/b30-20-. The van der Waals surface area contributed by atoms with Crippen molar-refractivity contribution in [1.82, 2.24) is 9.55 Å². The molecule has 34 heavy (non-hydrogen) atoms. The van der Waals surface area contributed by atoms with Crippen molar-refractivity contribution < 1.29 is 0 Å². The van der Waals surface area contributed by atoms with Gasteiger partial charge in [-0.15, -0.1) is 0 Å². The first-order valence-corrected chi connectivity index (χ1v) is 11.9. The highest BCUT2D eigenvalue weighted by Gasteiger charge is 2.44. The summed E-state index contributed by atoms with van der Waals surface area (Å²) in [5.74, 6) is 0.423. The summed E-state index contributed by atoms with van der Waals surface area (Å²) in [4.78, 5) is 19.4. The van der Waals surface area contributed by atoms with Crippen LogP contribution in [0.5, 0.6) is 0 Å². The SMILES string of the molecule is O=c1c2c(nc(N/N=C\c3ccccc3)n1-c1ccccc1)-c1ccccc1CC21CCCC1. The van der Waals surface area contributed by atoms with E-state index in [1.807, 2.05) is 66.7 Å². The van der Waals surface area contributed by atoms with Crippen molar-refractivity contribution in [1.29, 1.82) is 0 Å². The van der Waals surface area contributed by atoms with Crippen LogP contribution in [0.25, 0.3) is 16.9 Å². The summed E-state index contributed by atoms with van der Waals surface area (Å²) in [5.41, 5.74) is 8.70. The van der Waals surface area contributed by atoms with Crippen LogP contribution in [0.1, 0.15) is 42.4 Å². The first kappa shape index (κ1) is 20.6. The number of anilines is 1. The molecule has 1 heterocycles. The van der Waals surface area contributed by atoms with Gasteiger partial charge in [-0.05, 0) is 42.5 Å². The number of hydrogen-bond acceptors (Lipinski definition) is 4. The Hall–Kier alpha value is -3.99. The van der Waals surface area contributed by atoms with Crippen molar-refractivity contribution in [3.05, 3.63) is 112 Å². The lowest BCUT2D eigenvalue weighted by Crippen LogP contribution is -2.40. The molecule has 0 unspecified atom stereocenters. The van der Waals surface area contributed by atoms with E-state index in [-0.39, 0.29) is 11.0 Å². The Bertz CT molecular complexity index is 1420. The van der Waals surface area contributed by atoms with Crippen molar-refractivity contribution in [2.24, 2.45) is 5.10 Å². The zero-order chi connectivity index (χ0) is 23.0. The van der Waals surface area contributed by atoms with Crippen molar-refractivity contribution in [3.8, 4) is 16.9 Å². The molecule has 2 aliphatic carbocycles. The molecule has 0 saturated heterocycles. The monoisotopic (exact) mass is 446 g/mol. The summed E-state index contributed by atoms with van der Waals surface area (Å²) in [7, 11) is 0. The van der Waals surface area contributed by atoms with Crippen molar-refractivity contribution in [2.75, 3.05) is 5.43 Å². The molecule has 1 spiro atoms. The molecule has 3 aromatic carbocycles. The number of para-hydroxylation sites is 1. The van der Waals surface area contributed by atoms with E-state index < -0.39 is 0 Å². The van der Waals surface area contributed by atoms with Crippen LogP contribution in [0.3, 0.4) is 0 Å². The fourth-order valence-corrected chi connectivity index (χ4v) is 5.63. The van der Waals surface area contributed by atoms with Gasteiger partial charge in [0.05, 0.1) is 23.2 Å². The molecule has 5 heteroatoms. The summed E-state index contributed by atoms with van der Waals surface area (Å²) in [6, 6.07) is 28.0. The Labute approximate surface area is 198 Å². The molecule has 6 rings (SSSR count). The molecule has 1 aromatic heterocycles. The Morgan fingerprint density at radius 3 is 2.32 bits per heavy atom. The summed E-state index contributed by atoms with van der Waals surface area (Å²) in [6.45, 7) is 0. The van der Waals surface area contributed by atoms with Crippen molar-refractivity contribution >= 4 is 12.2 Å². The fraction of sp³-hybridized carbons (Fsp3) is 0.207. The molecule has 4 aromatic rings. The van der Waals surface area contributed by atoms with Gasteiger partial charge in [0.1, 0.15) is 0 Å². The minimum atomic E-state index is -0.143. The summed E-state index contributed by atoms with van der Waals surface area (Å²) < 4.78 is 1.69. The van der Waals surface area contributed by atoms with E-state index in [4.69, 9.17) is 4.98 Å². The minimum Gasteiger partial charge on any atom is -0.268 e. The van der Waals surface area contributed by atoms with Crippen LogP contribution in [0.15, 0.2) is 94.8 Å². The number of hydrogen-bond donors (Lipinski definition) is 1. The Morgan fingerprint density at radius 1 is 0.882 bits per heavy atom. The van der Waals surface area contributed by atoms with Gasteiger partial charge in [0, 0.05) is 11.0 Å². The molecule has 0 amide bonds. The van der Waals surface area contributed by atoms with Crippen LogP contribution in [0.2, 0.25) is 0 Å². The largest absolute Gasteiger partial charge is 0.268 e. The third-order valence-corrected chi connectivity index (χ3v) is 7.17. The molecule has 0 aliphatic heterocycles. The summed E-state index contributed by atoms with van der Waals surface area (Å²) >= 11 is 0. The molecule has 0 atom stereocenters. The number of benzene rings is 3. The second kappa shape index (κ2) is 8.41. The Kier molecular flexibility index (Phi) is 5.10. The average Bonchev–Trinajstić information content (AvgIpc) is 3.33. The third-order valence-electron chi connectivity index (χ3n) is 7.17. The normalized spacial score (nSPS) is 15.9. The smallest absolute Gasteiger partial charge is 0.263 e. The van der Waals surface area contributed by atoms with Crippen molar-refractivity contribution in [3.63, 3.8) is 0 Å². The van der Waals surface area contributed by atoms with Gasteiger partial charge >= 0.3 is 0 Å². The molecule has 2 aliphatic rings. The highest BCUT2D eigenvalue weighted by molar-refractivity contribution is 5.80. The maximum Gasteiger partial charge on any atom is 0.263 e. The lowest BCUT2D eigenvalue weighted by molar-refractivity contribution is 0.425. The third kappa shape index (κ3) is 3.45.